The molecule has 2 aromatic carbocycles. The molecule has 446 valence electrons. The summed E-state index contributed by atoms with van der Waals surface area (Å²) < 4.78 is 47.4. The Morgan fingerprint density at radius 2 is 1.42 bits per heavy atom. The Labute approximate surface area is 477 Å². The number of amides is 1. The Morgan fingerprint density at radius 1 is 0.802 bits per heavy atom. The van der Waals surface area contributed by atoms with Gasteiger partial charge in [0.15, 0.2) is 23.8 Å². The number of ether oxygens (including phenoxy) is 8. The predicted molar refractivity (Wildman–Crippen MR) is 297 cm³/mol. The molecule has 2 aromatic rings. The van der Waals surface area contributed by atoms with E-state index in [0.717, 1.165) is 46.0 Å². The number of ketones is 1. The summed E-state index contributed by atoms with van der Waals surface area (Å²) in [7, 11) is 0. The first-order valence-corrected chi connectivity index (χ1v) is 29.4. The number of aliphatic hydroxyl groups is 3. The molecule has 2 saturated heterocycles. The average molecular weight is 1130 g/mol. The van der Waals surface area contributed by atoms with E-state index in [4.69, 9.17) is 37.9 Å². The topological polar surface area (TPSA) is 249 Å². The third kappa shape index (κ3) is 14.3. The number of hydrogen-bond donors (Lipinski definition) is 4. The van der Waals surface area contributed by atoms with Gasteiger partial charge in [0.1, 0.15) is 36.6 Å². The van der Waals surface area contributed by atoms with Crippen molar-refractivity contribution in [3.8, 4) is 0 Å². The van der Waals surface area contributed by atoms with E-state index in [1.165, 1.54) is 71.6 Å². The van der Waals surface area contributed by atoms with Crippen molar-refractivity contribution in [2.45, 2.75) is 224 Å². The first-order valence-electron chi connectivity index (χ1n) is 29.4. The zero-order valence-electron chi connectivity index (χ0n) is 48.4. The fourth-order valence-electron chi connectivity index (χ4n) is 13.0. The number of unbranched alkanes of at least 4 members (excludes halogenated alkanes) is 12. The van der Waals surface area contributed by atoms with Crippen LogP contribution >= 0.6 is 0 Å². The van der Waals surface area contributed by atoms with E-state index in [2.05, 4.69) is 24.4 Å². The third-order valence-electron chi connectivity index (χ3n) is 17.6. The number of aliphatic hydroxyl groups excluding tert-OH is 2. The van der Waals surface area contributed by atoms with Crippen LogP contribution in [0.4, 0.5) is 4.79 Å². The molecule has 81 heavy (non-hydrogen) atoms. The number of carbonyl (C=O) groups excluding carboxylic acids is 6. The lowest BCUT2D eigenvalue weighted by Gasteiger charge is -2.67. The van der Waals surface area contributed by atoms with Gasteiger partial charge in [0, 0.05) is 43.6 Å². The molecule has 2 aliphatic heterocycles. The number of allylic oxidation sites excluding steroid dienone is 2. The van der Waals surface area contributed by atoms with Crippen LogP contribution in [0.3, 0.4) is 0 Å². The molecule has 0 spiro atoms. The van der Waals surface area contributed by atoms with Gasteiger partial charge in [-0.05, 0) is 81.2 Å². The Kier molecular flexibility index (Phi) is 22.0. The molecule has 4 fully saturated rings. The first-order chi connectivity index (χ1) is 38.7. The third-order valence-corrected chi connectivity index (χ3v) is 17.6. The number of nitrogens with one attached hydrogen (secondary N) is 1. The van der Waals surface area contributed by atoms with Crippen molar-refractivity contribution >= 4 is 35.8 Å². The lowest BCUT2D eigenvalue weighted by molar-refractivity contribution is -0.346. The maximum absolute atomic E-state index is 15.4. The quantitative estimate of drug-likeness (QED) is 0.0282. The number of esters is 3. The van der Waals surface area contributed by atoms with Crippen molar-refractivity contribution in [1.29, 1.82) is 0 Å². The van der Waals surface area contributed by atoms with Crippen molar-refractivity contribution in [2.24, 2.45) is 16.7 Å². The van der Waals surface area contributed by atoms with Gasteiger partial charge in [-0.3, -0.25) is 19.2 Å². The van der Waals surface area contributed by atoms with Crippen molar-refractivity contribution in [3.05, 3.63) is 95.1 Å². The molecule has 0 aromatic heterocycles. The van der Waals surface area contributed by atoms with Crippen LogP contribution in [0.25, 0.3) is 0 Å². The summed E-state index contributed by atoms with van der Waals surface area (Å²) in [4.78, 5) is 84.4. The lowest BCUT2D eigenvalue weighted by Crippen LogP contribution is -2.81. The maximum Gasteiger partial charge on any atom is 0.509 e. The molecule has 2 saturated carbocycles. The second kappa shape index (κ2) is 28.2. The number of rotatable bonds is 27. The van der Waals surface area contributed by atoms with E-state index in [1.807, 2.05) is 0 Å². The maximum atomic E-state index is 15.4. The first kappa shape index (κ1) is 63.1. The van der Waals surface area contributed by atoms with Crippen molar-refractivity contribution in [1.82, 2.24) is 5.32 Å². The van der Waals surface area contributed by atoms with Gasteiger partial charge in [0.2, 0.25) is 6.10 Å². The highest BCUT2D eigenvalue weighted by atomic mass is 16.8. The van der Waals surface area contributed by atoms with Crippen molar-refractivity contribution < 1.29 is 82.0 Å². The van der Waals surface area contributed by atoms with Crippen molar-refractivity contribution in [2.75, 3.05) is 19.8 Å². The molecule has 18 heteroatoms. The summed E-state index contributed by atoms with van der Waals surface area (Å²) in [5, 5.41) is 41.0. The largest absolute Gasteiger partial charge is 0.509 e. The summed E-state index contributed by atoms with van der Waals surface area (Å²) in [5.74, 6) is -5.97. The minimum absolute atomic E-state index is 0.0210. The van der Waals surface area contributed by atoms with Gasteiger partial charge in [-0.25, -0.2) is 9.59 Å². The minimum Gasteiger partial charge on any atom is -0.455 e. The molecule has 5 aliphatic rings. The van der Waals surface area contributed by atoms with E-state index < -0.39 is 125 Å². The Hall–Kier alpha value is -5.50. The minimum atomic E-state index is -2.41. The second-order valence-corrected chi connectivity index (χ2v) is 23.5. The van der Waals surface area contributed by atoms with Crippen LogP contribution in [0.5, 0.6) is 0 Å². The van der Waals surface area contributed by atoms with Gasteiger partial charge < -0.3 is 58.5 Å². The second-order valence-electron chi connectivity index (χ2n) is 23.5. The summed E-state index contributed by atoms with van der Waals surface area (Å²) in [6, 6.07) is 15.0. The molecule has 2 heterocycles. The van der Waals surface area contributed by atoms with Crippen molar-refractivity contribution in [3.63, 3.8) is 0 Å². The number of fused-ring (bicyclic) bond motifs is 5. The highest BCUT2D eigenvalue weighted by Crippen LogP contribution is 2.63. The molecule has 1 amide bonds. The number of benzene rings is 2. The Morgan fingerprint density at radius 3 is 2.02 bits per heavy atom. The molecular formula is C63H87NO17. The van der Waals surface area contributed by atoms with Crippen LogP contribution in [0.15, 0.2) is 84.0 Å². The monoisotopic (exact) mass is 1130 g/mol. The summed E-state index contributed by atoms with van der Waals surface area (Å²) >= 11 is 0. The van der Waals surface area contributed by atoms with Gasteiger partial charge in [0.05, 0.1) is 30.8 Å². The van der Waals surface area contributed by atoms with Crippen LogP contribution in [0, 0.1) is 16.7 Å². The van der Waals surface area contributed by atoms with Gasteiger partial charge in [-0.1, -0.05) is 139 Å². The molecule has 7 rings (SSSR count). The standard InChI is InChI=1S/C63H87NO17/c1-8-9-10-11-12-13-14-15-16-17-18-19-20-21-22-29-34-49-74-37-45(78-49)38-75-59(72)80-53(51(43-30-25-23-26-31-43)64-57(70)44-32-27-24-28-33-44)58(71)79-46-36-63(73)56(69)54-61(7,47(67)35-48-62(54,39-76-48)81-42(4)66)55(68)52(77-41(3)65)50(40(46)2)60(63,5)6/h15-16,23-28,30-33,45-49,51-54,56,67,69,73H,8-14,17-22,29,34-39H2,1-7H3,(H,64,70)/b16-15-/t45?,46-,47-,48+,49?,51-,52+,53+,54-,56-,61+,62-,63+/m0/s1. The van der Waals surface area contributed by atoms with E-state index in [1.54, 1.807) is 74.5 Å². The molecule has 0 radical (unpaired) electrons. The number of carbonyl (C=O) groups is 6. The van der Waals surface area contributed by atoms with Gasteiger partial charge >= 0.3 is 24.1 Å². The van der Waals surface area contributed by atoms with Crippen LogP contribution in [0.1, 0.15) is 180 Å². The zero-order chi connectivity index (χ0) is 58.5. The van der Waals surface area contributed by atoms with Gasteiger partial charge in [-0.2, -0.15) is 0 Å². The molecule has 2 unspecified atom stereocenters. The van der Waals surface area contributed by atoms with Crippen LogP contribution in [-0.4, -0.2) is 131 Å². The number of hydrogen-bond acceptors (Lipinski definition) is 17. The summed E-state index contributed by atoms with van der Waals surface area (Å²) in [6.07, 6.45) is 8.92. The molecular weight excluding hydrogens is 1040 g/mol. The average Bonchev–Trinajstić information content (AvgIpc) is 2.52. The molecule has 3 aliphatic carbocycles. The fraction of sp³-hybridized carbons (Fsp3) is 0.651. The zero-order valence-corrected chi connectivity index (χ0v) is 48.4. The van der Waals surface area contributed by atoms with Gasteiger partial charge in [0.25, 0.3) is 5.91 Å². The molecule has 2 bridgehead atoms. The summed E-state index contributed by atoms with van der Waals surface area (Å²) in [6.45, 7) is 10.0. The van der Waals surface area contributed by atoms with E-state index in [0.29, 0.717) is 12.0 Å². The number of Topliss-reactive ketones (excluding diaryl/α,β-unsaturated/α-hetero) is 1. The Balaban J connectivity index is 1.07. The predicted octanol–water partition coefficient (Wildman–Crippen LogP) is 9.20. The smallest absolute Gasteiger partial charge is 0.455 e. The SMILES string of the molecule is CCCCCCCC/C=C\CCCCCCCCC1OCC(COC(=O)O[C@@H](C(=O)O[C@H]2C[C@@]3(O)[C@@H](O)[C@@H]4[C@]5(OC(C)=O)CO[C@@H]5C[C@H](O)[C@@]4(C)C(=O)[C@H](OC(C)=O)C(=C2C)C3(C)C)[C@@H](NC(=O)c2ccccc2)c2ccccc2)O1. The molecule has 13 atom stereocenters. The highest BCUT2D eigenvalue weighted by Gasteiger charge is 2.77. The Bertz CT molecular complexity index is 2530. The normalized spacial score (nSPS) is 30.1. The van der Waals surface area contributed by atoms with Crippen LogP contribution < -0.4 is 5.32 Å². The van der Waals surface area contributed by atoms with E-state index in [-0.39, 0.29) is 43.0 Å². The lowest BCUT2D eigenvalue weighted by atomic mass is 9.44. The molecule has 4 N–H and O–H groups in total. The fourth-order valence-corrected chi connectivity index (χ4v) is 13.0. The molecule has 18 nitrogen and oxygen atoms in total. The summed E-state index contributed by atoms with van der Waals surface area (Å²) in [5.41, 5.74) is -7.17. The van der Waals surface area contributed by atoms with E-state index >= 15 is 9.59 Å². The van der Waals surface area contributed by atoms with E-state index in [9.17, 15) is 34.5 Å². The highest BCUT2D eigenvalue weighted by molar-refractivity contribution is 5.96. The van der Waals surface area contributed by atoms with Gasteiger partial charge in [-0.15, -0.1) is 0 Å². The van der Waals surface area contributed by atoms with Crippen LogP contribution in [-0.2, 0) is 57.1 Å². The van der Waals surface area contributed by atoms with Crippen LogP contribution in [0.2, 0.25) is 0 Å².